The van der Waals surface area contributed by atoms with Crippen LogP contribution in [0.2, 0.25) is 5.02 Å². The molecule has 2 aromatic carbocycles. The third-order valence-electron chi connectivity index (χ3n) is 3.34. The summed E-state index contributed by atoms with van der Waals surface area (Å²) in [6.07, 6.45) is 0.672. The van der Waals surface area contributed by atoms with Gasteiger partial charge in [-0.05, 0) is 41.8 Å². The number of hydrogen-bond acceptors (Lipinski definition) is 4. The predicted octanol–water partition coefficient (Wildman–Crippen LogP) is 3.50. The molecule has 0 aliphatic rings. The Morgan fingerprint density at radius 3 is 2.36 bits per heavy atom. The van der Waals surface area contributed by atoms with Crippen molar-refractivity contribution in [3.63, 3.8) is 0 Å². The summed E-state index contributed by atoms with van der Waals surface area (Å²) in [4.78, 5) is 0. The molecule has 0 atom stereocenters. The molecule has 4 nitrogen and oxygen atoms in total. The number of halogens is 1. The van der Waals surface area contributed by atoms with E-state index in [0.717, 1.165) is 16.8 Å². The molecule has 0 spiro atoms. The Morgan fingerprint density at radius 1 is 1.05 bits per heavy atom. The first-order chi connectivity index (χ1) is 10.7. The van der Waals surface area contributed by atoms with E-state index in [1.54, 1.807) is 14.2 Å². The van der Waals surface area contributed by atoms with Crippen LogP contribution in [-0.4, -0.2) is 25.9 Å². The smallest absolute Gasteiger partial charge is 0.179 e. The molecule has 118 valence electrons. The van der Waals surface area contributed by atoms with E-state index in [9.17, 15) is 0 Å². The zero-order valence-electron chi connectivity index (χ0n) is 12.7. The topological polar surface area (TPSA) is 50.7 Å². The molecule has 22 heavy (non-hydrogen) atoms. The summed E-state index contributed by atoms with van der Waals surface area (Å²) in [5, 5.41) is 12.8. The molecule has 0 radical (unpaired) electrons. The number of methoxy groups -OCH3 is 2. The van der Waals surface area contributed by atoms with Crippen molar-refractivity contribution in [3.8, 4) is 11.5 Å². The maximum atomic E-state index is 8.91. The molecular weight excluding hydrogens is 302 g/mol. The first kappa shape index (κ1) is 16.5. The van der Waals surface area contributed by atoms with Gasteiger partial charge in [-0.25, -0.2) is 0 Å². The molecule has 5 heteroatoms. The van der Waals surface area contributed by atoms with Crippen molar-refractivity contribution >= 4 is 17.3 Å². The number of aliphatic hydroxyl groups excluding tert-OH is 1. The molecule has 0 heterocycles. The van der Waals surface area contributed by atoms with Crippen LogP contribution in [0, 0.1) is 0 Å². The molecule has 2 aromatic rings. The first-order valence-corrected chi connectivity index (χ1v) is 7.39. The number of anilines is 1. The molecule has 0 aromatic heterocycles. The van der Waals surface area contributed by atoms with Gasteiger partial charge in [-0.1, -0.05) is 23.7 Å². The van der Waals surface area contributed by atoms with Crippen molar-refractivity contribution in [3.05, 3.63) is 52.5 Å². The zero-order chi connectivity index (χ0) is 15.9. The van der Waals surface area contributed by atoms with Crippen molar-refractivity contribution in [2.24, 2.45) is 0 Å². The molecule has 0 unspecified atom stereocenters. The summed E-state index contributed by atoms with van der Waals surface area (Å²) in [5.41, 5.74) is 3.12. The summed E-state index contributed by atoms with van der Waals surface area (Å²) in [6.45, 7) is 0.788. The molecule has 0 saturated carbocycles. The standard InChI is InChI=1S/C17H20ClNO3/c1-21-16-10-13(9-15(18)17(16)22-2)11-19-14-5-3-12(4-6-14)7-8-20/h3-6,9-10,19-20H,7-8,11H2,1-2H3. The molecule has 0 aliphatic carbocycles. The Hall–Kier alpha value is -1.91. The Kier molecular flexibility index (Phi) is 5.92. The molecular formula is C17H20ClNO3. The van der Waals surface area contributed by atoms with Gasteiger partial charge in [0.1, 0.15) is 0 Å². The highest BCUT2D eigenvalue weighted by Crippen LogP contribution is 2.36. The second-order valence-corrected chi connectivity index (χ2v) is 5.24. The molecule has 0 fully saturated rings. The number of nitrogens with one attached hydrogen (secondary N) is 1. The van der Waals surface area contributed by atoms with Crippen LogP contribution < -0.4 is 14.8 Å². The first-order valence-electron chi connectivity index (χ1n) is 7.02. The molecule has 0 amide bonds. The average Bonchev–Trinajstić information content (AvgIpc) is 2.54. The van der Waals surface area contributed by atoms with Crippen LogP contribution in [-0.2, 0) is 13.0 Å². The van der Waals surface area contributed by atoms with E-state index < -0.39 is 0 Å². The van der Waals surface area contributed by atoms with E-state index in [-0.39, 0.29) is 6.61 Å². The Bertz CT molecular complexity index is 614. The van der Waals surface area contributed by atoms with Gasteiger partial charge in [-0.15, -0.1) is 0 Å². The minimum Gasteiger partial charge on any atom is -0.493 e. The number of aliphatic hydroxyl groups is 1. The lowest BCUT2D eigenvalue weighted by molar-refractivity contribution is 0.299. The van der Waals surface area contributed by atoms with Crippen molar-refractivity contribution in [2.45, 2.75) is 13.0 Å². The summed E-state index contributed by atoms with van der Waals surface area (Å²) < 4.78 is 10.5. The largest absolute Gasteiger partial charge is 0.493 e. The van der Waals surface area contributed by atoms with Crippen LogP contribution in [0.25, 0.3) is 0 Å². The zero-order valence-corrected chi connectivity index (χ0v) is 13.5. The number of hydrogen-bond donors (Lipinski definition) is 2. The Balaban J connectivity index is 2.06. The third-order valence-corrected chi connectivity index (χ3v) is 3.63. The van der Waals surface area contributed by atoms with E-state index in [0.29, 0.717) is 29.5 Å². The Morgan fingerprint density at radius 2 is 1.77 bits per heavy atom. The van der Waals surface area contributed by atoms with E-state index in [2.05, 4.69) is 5.32 Å². The monoisotopic (exact) mass is 321 g/mol. The van der Waals surface area contributed by atoms with Crippen LogP contribution in [0.1, 0.15) is 11.1 Å². The maximum absolute atomic E-state index is 8.91. The van der Waals surface area contributed by atoms with Gasteiger partial charge in [0, 0.05) is 18.8 Å². The van der Waals surface area contributed by atoms with E-state index >= 15 is 0 Å². The second kappa shape index (κ2) is 7.92. The molecule has 0 saturated heterocycles. The van der Waals surface area contributed by atoms with Gasteiger partial charge in [-0.3, -0.25) is 0 Å². The number of rotatable bonds is 7. The lowest BCUT2D eigenvalue weighted by atomic mass is 10.1. The number of ether oxygens (including phenoxy) is 2. The van der Waals surface area contributed by atoms with E-state index in [1.165, 1.54) is 0 Å². The maximum Gasteiger partial charge on any atom is 0.179 e. The highest BCUT2D eigenvalue weighted by atomic mass is 35.5. The van der Waals surface area contributed by atoms with Crippen LogP contribution in [0.5, 0.6) is 11.5 Å². The van der Waals surface area contributed by atoms with Crippen LogP contribution in [0.4, 0.5) is 5.69 Å². The normalized spacial score (nSPS) is 10.4. The summed E-state index contributed by atoms with van der Waals surface area (Å²) in [6, 6.07) is 11.7. The molecule has 2 rings (SSSR count). The molecule has 2 N–H and O–H groups in total. The lowest BCUT2D eigenvalue weighted by Gasteiger charge is -2.13. The fourth-order valence-electron chi connectivity index (χ4n) is 2.20. The fourth-order valence-corrected chi connectivity index (χ4v) is 2.51. The van der Waals surface area contributed by atoms with Crippen molar-refractivity contribution < 1.29 is 14.6 Å². The molecule has 0 aliphatic heterocycles. The van der Waals surface area contributed by atoms with Gasteiger partial charge >= 0.3 is 0 Å². The van der Waals surface area contributed by atoms with Crippen molar-refractivity contribution in [1.82, 2.24) is 0 Å². The minimum absolute atomic E-state index is 0.164. The minimum atomic E-state index is 0.164. The summed E-state index contributed by atoms with van der Waals surface area (Å²) >= 11 is 6.19. The fraction of sp³-hybridized carbons (Fsp3) is 0.294. The van der Waals surface area contributed by atoms with Gasteiger partial charge in [-0.2, -0.15) is 0 Å². The summed E-state index contributed by atoms with van der Waals surface area (Å²) in [7, 11) is 3.15. The second-order valence-electron chi connectivity index (χ2n) is 4.84. The van der Waals surface area contributed by atoms with Gasteiger partial charge in [0.25, 0.3) is 0 Å². The van der Waals surface area contributed by atoms with E-state index in [1.807, 2.05) is 36.4 Å². The Labute approximate surface area is 135 Å². The quantitative estimate of drug-likeness (QED) is 0.819. The third kappa shape index (κ3) is 4.06. The van der Waals surface area contributed by atoms with Gasteiger partial charge in [0.05, 0.1) is 19.2 Å². The highest BCUT2D eigenvalue weighted by Gasteiger charge is 2.10. The van der Waals surface area contributed by atoms with Crippen LogP contribution >= 0.6 is 11.6 Å². The van der Waals surface area contributed by atoms with Gasteiger partial charge in [0.2, 0.25) is 0 Å². The number of benzene rings is 2. The lowest BCUT2D eigenvalue weighted by Crippen LogP contribution is -2.01. The predicted molar refractivity (Wildman–Crippen MR) is 89.1 cm³/mol. The summed E-state index contributed by atoms with van der Waals surface area (Å²) in [5.74, 6) is 1.16. The molecule has 0 bridgehead atoms. The SMILES string of the molecule is COc1cc(CNc2ccc(CCO)cc2)cc(Cl)c1OC. The van der Waals surface area contributed by atoms with E-state index in [4.69, 9.17) is 26.2 Å². The van der Waals surface area contributed by atoms with Crippen molar-refractivity contribution in [1.29, 1.82) is 0 Å². The highest BCUT2D eigenvalue weighted by molar-refractivity contribution is 6.32. The van der Waals surface area contributed by atoms with Crippen molar-refractivity contribution in [2.75, 3.05) is 26.1 Å². The average molecular weight is 322 g/mol. The van der Waals surface area contributed by atoms with Gasteiger partial charge < -0.3 is 19.9 Å². The van der Waals surface area contributed by atoms with Crippen LogP contribution in [0.3, 0.4) is 0 Å². The van der Waals surface area contributed by atoms with Crippen LogP contribution in [0.15, 0.2) is 36.4 Å². The van der Waals surface area contributed by atoms with Gasteiger partial charge in [0.15, 0.2) is 11.5 Å².